The molecule has 0 atom stereocenters. The predicted molar refractivity (Wildman–Crippen MR) is 115 cm³/mol. The first-order valence-electron chi connectivity index (χ1n) is 10.7. The number of esters is 2. The Morgan fingerprint density at radius 3 is 2.00 bits per heavy atom. The highest BCUT2D eigenvalue weighted by Gasteiger charge is 2.12. The summed E-state index contributed by atoms with van der Waals surface area (Å²) in [4.78, 5) is 25.5. The molecule has 0 bridgehead atoms. The molecule has 29 heavy (non-hydrogen) atoms. The van der Waals surface area contributed by atoms with Crippen LogP contribution in [0.2, 0.25) is 0 Å². The van der Waals surface area contributed by atoms with E-state index in [9.17, 15) is 9.59 Å². The number of carbonyl (C=O) groups is 2. The van der Waals surface area contributed by atoms with Crippen molar-refractivity contribution >= 4 is 17.6 Å². The molecule has 0 aliphatic rings. The van der Waals surface area contributed by atoms with Crippen LogP contribution in [0.1, 0.15) is 58.9 Å². The first-order chi connectivity index (χ1) is 13.9. The Morgan fingerprint density at radius 1 is 0.966 bits per heavy atom. The van der Waals surface area contributed by atoms with Crippen LogP contribution in [0.15, 0.2) is 18.2 Å². The molecule has 1 rings (SSSR count). The van der Waals surface area contributed by atoms with E-state index in [-0.39, 0.29) is 11.9 Å². The number of benzene rings is 1. The zero-order valence-electron chi connectivity index (χ0n) is 18.7. The topological polar surface area (TPSA) is 65.1 Å². The molecular weight excluding hydrogens is 370 g/mol. The van der Waals surface area contributed by atoms with Gasteiger partial charge in [-0.3, -0.25) is 9.59 Å². The second-order valence-electron chi connectivity index (χ2n) is 7.46. The lowest BCUT2D eigenvalue weighted by Crippen LogP contribution is -2.27. The Balaban J connectivity index is 2.80. The summed E-state index contributed by atoms with van der Waals surface area (Å²) in [6, 6.07) is 6.16. The molecule has 0 aliphatic heterocycles. The lowest BCUT2D eigenvalue weighted by atomic mass is 10.1. The van der Waals surface area contributed by atoms with Gasteiger partial charge >= 0.3 is 11.9 Å². The Kier molecular flexibility index (Phi) is 11.8. The first kappa shape index (κ1) is 24.8. The van der Waals surface area contributed by atoms with E-state index in [1.54, 1.807) is 0 Å². The van der Waals surface area contributed by atoms with Gasteiger partial charge in [-0.25, -0.2) is 0 Å². The van der Waals surface area contributed by atoms with Crippen molar-refractivity contribution in [1.29, 1.82) is 0 Å². The molecule has 164 valence electrons. The third-order valence-electron chi connectivity index (χ3n) is 4.34. The molecule has 0 amide bonds. The van der Waals surface area contributed by atoms with Crippen LogP contribution in [-0.2, 0) is 19.1 Å². The van der Waals surface area contributed by atoms with Crippen molar-refractivity contribution in [2.45, 2.75) is 60.3 Å². The van der Waals surface area contributed by atoms with Gasteiger partial charge in [0.2, 0.25) is 0 Å². The van der Waals surface area contributed by atoms with Crippen molar-refractivity contribution in [1.82, 2.24) is 0 Å². The molecule has 0 aromatic heterocycles. The van der Waals surface area contributed by atoms with Gasteiger partial charge < -0.3 is 19.1 Å². The van der Waals surface area contributed by atoms with Crippen LogP contribution >= 0.6 is 0 Å². The fraction of sp³-hybridized carbons (Fsp3) is 0.652. The molecule has 0 spiro atoms. The number of carbonyl (C=O) groups excluding carboxylic acids is 2. The smallest absolute Gasteiger partial charge is 0.305 e. The lowest BCUT2D eigenvalue weighted by molar-refractivity contribution is -0.144. The third kappa shape index (κ3) is 10.2. The minimum atomic E-state index is -0.177. The van der Waals surface area contributed by atoms with Crippen molar-refractivity contribution < 1.29 is 23.8 Å². The summed E-state index contributed by atoms with van der Waals surface area (Å²) in [7, 11) is 0. The van der Waals surface area contributed by atoms with Gasteiger partial charge in [0.05, 0.1) is 19.8 Å². The zero-order valence-corrected chi connectivity index (χ0v) is 18.7. The van der Waals surface area contributed by atoms with Gasteiger partial charge in [0, 0.05) is 37.7 Å². The van der Waals surface area contributed by atoms with Crippen LogP contribution in [0.4, 0.5) is 5.69 Å². The van der Waals surface area contributed by atoms with Crippen LogP contribution in [0.5, 0.6) is 5.75 Å². The summed E-state index contributed by atoms with van der Waals surface area (Å²) in [5.74, 6) is 0.966. The molecule has 0 unspecified atom stereocenters. The lowest BCUT2D eigenvalue weighted by Gasteiger charge is -2.26. The third-order valence-corrected chi connectivity index (χ3v) is 4.34. The molecule has 0 saturated carbocycles. The summed E-state index contributed by atoms with van der Waals surface area (Å²) in [6.45, 7) is 12.8. The van der Waals surface area contributed by atoms with Crippen molar-refractivity contribution in [2.75, 3.05) is 37.8 Å². The van der Waals surface area contributed by atoms with Crippen molar-refractivity contribution in [3.63, 3.8) is 0 Å². The van der Waals surface area contributed by atoms with Crippen LogP contribution < -0.4 is 9.64 Å². The molecule has 1 aromatic rings. The molecule has 0 radical (unpaired) electrons. The number of ether oxygens (including phenoxy) is 3. The van der Waals surface area contributed by atoms with E-state index >= 15 is 0 Å². The fourth-order valence-corrected chi connectivity index (χ4v) is 2.86. The van der Waals surface area contributed by atoms with Crippen molar-refractivity contribution in [3.8, 4) is 5.75 Å². The Bertz CT molecular complexity index is 606. The minimum Gasteiger partial charge on any atom is -0.493 e. The molecule has 0 N–H and O–H groups in total. The zero-order chi connectivity index (χ0) is 21.6. The van der Waals surface area contributed by atoms with Crippen LogP contribution in [-0.4, -0.2) is 44.8 Å². The fourth-order valence-electron chi connectivity index (χ4n) is 2.86. The standard InChI is InChI=1S/C23H37NO5/c1-6-27-22(25)10-8-14-24(15-9-11-23(26)28-7-2)20-13-12-19(5)21(16-20)29-17-18(3)4/h12-13,16,18H,6-11,14-15,17H2,1-5H3. The molecule has 1 aromatic carbocycles. The summed E-state index contributed by atoms with van der Waals surface area (Å²) < 4.78 is 16.0. The number of rotatable bonds is 14. The number of hydrogen-bond acceptors (Lipinski definition) is 6. The SMILES string of the molecule is CCOC(=O)CCCN(CCCC(=O)OCC)c1ccc(C)c(OCC(C)C)c1. The number of aryl methyl sites for hydroxylation is 1. The Morgan fingerprint density at radius 2 is 1.52 bits per heavy atom. The molecule has 0 fully saturated rings. The van der Waals surface area contributed by atoms with Gasteiger partial charge in [-0.15, -0.1) is 0 Å². The van der Waals surface area contributed by atoms with Gasteiger partial charge in [-0.1, -0.05) is 19.9 Å². The quantitative estimate of drug-likeness (QED) is 0.422. The summed E-state index contributed by atoms with van der Waals surface area (Å²) >= 11 is 0. The predicted octanol–water partition coefficient (Wildman–Crippen LogP) is 4.52. The molecular formula is C23H37NO5. The molecule has 6 nitrogen and oxygen atoms in total. The summed E-state index contributed by atoms with van der Waals surface area (Å²) in [6.07, 6.45) is 2.14. The van der Waals surface area contributed by atoms with E-state index in [0.29, 0.717) is 64.5 Å². The van der Waals surface area contributed by atoms with Crippen molar-refractivity contribution in [2.24, 2.45) is 5.92 Å². The van der Waals surface area contributed by atoms with Gasteiger partial charge in [0.15, 0.2) is 0 Å². The highest BCUT2D eigenvalue weighted by atomic mass is 16.5. The maximum atomic E-state index is 11.7. The number of nitrogens with zero attached hydrogens (tertiary/aromatic N) is 1. The van der Waals surface area contributed by atoms with Crippen LogP contribution in [0, 0.1) is 12.8 Å². The second-order valence-corrected chi connectivity index (χ2v) is 7.46. The Hall–Kier alpha value is -2.24. The molecule has 0 saturated heterocycles. The van der Waals surface area contributed by atoms with Crippen LogP contribution in [0.3, 0.4) is 0 Å². The molecule has 0 aliphatic carbocycles. The van der Waals surface area contributed by atoms with Gasteiger partial charge in [-0.2, -0.15) is 0 Å². The van der Waals surface area contributed by atoms with E-state index in [1.807, 2.05) is 26.8 Å². The maximum absolute atomic E-state index is 11.7. The highest BCUT2D eigenvalue weighted by Crippen LogP contribution is 2.26. The average molecular weight is 408 g/mol. The average Bonchev–Trinajstić information content (AvgIpc) is 2.66. The maximum Gasteiger partial charge on any atom is 0.305 e. The van der Waals surface area contributed by atoms with Gasteiger partial charge in [0.25, 0.3) is 0 Å². The minimum absolute atomic E-state index is 0.177. The van der Waals surface area contributed by atoms with Gasteiger partial charge in [0.1, 0.15) is 5.75 Å². The van der Waals surface area contributed by atoms with E-state index in [2.05, 4.69) is 30.9 Å². The van der Waals surface area contributed by atoms with E-state index in [0.717, 1.165) is 17.0 Å². The summed E-state index contributed by atoms with van der Waals surface area (Å²) in [5.41, 5.74) is 2.12. The van der Waals surface area contributed by atoms with Crippen LogP contribution in [0.25, 0.3) is 0 Å². The number of anilines is 1. The summed E-state index contributed by atoms with van der Waals surface area (Å²) in [5, 5.41) is 0. The van der Waals surface area contributed by atoms with E-state index < -0.39 is 0 Å². The molecule has 6 heteroatoms. The largest absolute Gasteiger partial charge is 0.493 e. The first-order valence-corrected chi connectivity index (χ1v) is 10.7. The van der Waals surface area contributed by atoms with E-state index in [4.69, 9.17) is 14.2 Å². The number of hydrogen-bond donors (Lipinski definition) is 0. The molecule has 0 heterocycles. The highest BCUT2D eigenvalue weighted by molar-refractivity contribution is 5.69. The van der Waals surface area contributed by atoms with Crippen molar-refractivity contribution in [3.05, 3.63) is 23.8 Å². The van der Waals surface area contributed by atoms with Gasteiger partial charge in [-0.05, 0) is 51.2 Å². The Labute approximate surface area is 175 Å². The van der Waals surface area contributed by atoms with E-state index in [1.165, 1.54) is 0 Å². The monoisotopic (exact) mass is 407 g/mol. The second kappa shape index (κ2) is 13.9. The normalized spacial score (nSPS) is 10.7.